The van der Waals surface area contributed by atoms with E-state index in [-0.39, 0.29) is 53.3 Å². The molecule has 390 valence electrons. The molecule has 0 saturated carbocycles. The molecule has 0 radical (unpaired) electrons. The summed E-state index contributed by atoms with van der Waals surface area (Å²) in [5.74, 6) is -3.34. The monoisotopic (exact) mass is 1140 g/mol. The van der Waals surface area contributed by atoms with E-state index in [1.54, 1.807) is 64.0 Å². The van der Waals surface area contributed by atoms with Crippen molar-refractivity contribution >= 4 is 114 Å². The number of carbonyl (C=O) groups excluding carboxylic acids is 5. The van der Waals surface area contributed by atoms with Gasteiger partial charge in [0.2, 0.25) is 17.7 Å². The maximum absolute atomic E-state index is 14.1. The lowest BCUT2D eigenvalue weighted by Gasteiger charge is -2.23. The highest BCUT2D eigenvalue weighted by Crippen LogP contribution is 2.39. The van der Waals surface area contributed by atoms with Crippen LogP contribution in [0, 0.1) is 0 Å². The van der Waals surface area contributed by atoms with Crippen LogP contribution in [0.1, 0.15) is 71.9 Å². The van der Waals surface area contributed by atoms with Crippen molar-refractivity contribution in [3.05, 3.63) is 109 Å². The Balaban J connectivity index is 1.10. The number of nitrogens with zero attached hydrogens (tertiary/aromatic N) is 9. The quantitative estimate of drug-likeness (QED) is 0.0908. The topological polar surface area (TPSA) is 320 Å². The number of hydrogen-bond acceptors (Lipinski definition) is 22. The van der Waals surface area contributed by atoms with Crippen molar-refractivity contribution in [1.29, 1.82) is 0 Å². The number of aliphatic imine (C=N–C) groups is 1. The van der Waals surface area contributed by atoms with Crippen molar-refractivity contribution in [2.75, 3.05) is 38.8 Å². The summed E-state index contributed by atoms with van der Waals surface area (Å²) in [4.78, 5) is 116. The third-order valence-electron chi connectivity index (χ3n) is 11.1. The largest absolute Gasteiger partial charge is 0.476 e. The summed E-state index contributed by atoms with van der Waals surface area (Å²) in [6.45, 7) is -0.527. The molecular formula is C47H42N14O9S6. The molecule has 5 amide bonds. The number of pyridine rings is 1. The van der Waals surface area contributed by atoms with Gasteiger partial charge in [0.1, 0.15) is 72.8 Å². The van der Waals surface area contributed by atoms with Crippen molar-refractivity contribution in [3.63, 3.8) is 0 Å². The van der Waals surface area contributed by atoms with Gasteiger partial charge >= 0.3 is 5.97 Å². The summed E-state index contributed by atoms with van der Waals surface area (Å²) in [6.07, 6.45) is 1.22. The number of carboxylic acids is 1. The first-order valence-corrected chi connectivity index (χ1v) is 27.9. The fraction of sp³-hybridized carbons (Fsp3) is 0.234. The fourth-order valence-electron chi connectivity index (χ4n) is 7.41. The van der Waals surface area contributed by atoms with E-state index in [0.717, 1.165) is 11.3 Å². The molecule has 23 nitrogen and oxygen atoms in total. The first-order chi connectivity index (χ1) is 36.8. The number of hydrogen-bond donors (Lipinski definition) is 7. The van der Waals surface area contributed by atoms with Gasteiger partial charge in [0, 0.05) is 66.7 Å². The maximum Gasteiger partial charge on any atom is 0.356 e. The second kappa shape index (κ2) is 24.0. The Kier molecular flexibility index (Phi) is 16.8. The number of carbonyl (C=O) groups is 6. The van der Waals surface area contributed by atoms with Crippen LogP contribution in [0.3, 0.4) is 0 Å². The number of thiazole rings is 5. The minimum absolute atomic E-state index is 0.0158. The second-order valence-corrected chi connectivity index (χ2v) is 21.8. The van der Waals surface area contributed by atoms with E-state index in [1.807, 2.05) is 0 Å². The molecule has 3 atom stereocenters. The molecule has 0 unspecified atom stereocenters. The van der Waals surface area contributed by atoms with E-state index < -0.39 is 54.3 Å². The highest BCUT2D eigenvalue weighted by atomic mass is 32.2. The number of methoxy groups -OCH3 is 1. The van der Waals surface area contributed by atoms with Gasteiger partial charge in [-0.25, -0.2) is 39.7 Å². The van der Waals surface area contributed by atoms with E-state index >= 15 is 0 Å². The summed E-state index contributed by atoms with van der Waals surface area (Å²) in [5.41, 5.74) is 2.52. The molecule has 76 heavy (non-hydrogen) atoms. The number of aliphatic hydroxyl groups is 1. The number of anilines is 1. The number of amides is 5. The van der Waals surface area contributed by atoms with Crippen molar-refractivity contribution in [3.8, 4) is 49.2 Å². The number of rotatable bonds is 9. The lowest BCUT2D eigenvalue weighted by Crippen LogP contribution is -2.43. The SMILES string of the molecule is CN=C1SCCC(=O)Nc2nc(c(COC)s2)C(=O)NCC(=O)N[C@@H]([C@@H](O)c2ccccc2)c2nc(cs2)-c2nc(cs2)-c2nc(-c3nc(-n4cnc(C(=O)O)c4)cs3)ccc2-c2nc(cs2)C(=O)N[C@H]1CC(=O)NC. The molecule has 9 rings (SSSR count). The predicted molar refractivity (Wildman–Crippen MR) is 289 cm³/mol. The summed E-state index contributed by atoms with van der Waals surface area (Å²) in [7, 11) is 4.43. The maximum atomic E-state index is 14.1. The van der Waals surface area contributed by atoms with Crippen LogP contribution in [0.5, 0.6) is 0 Å². The van der Waals surface area contributed by atoms with Gasteiger partial charge in [0.15, 0.2) is 10.8 Å². The van der Waals surface area contributed by atoms with Crippen LogP contribution in [-0.4, -0.2) is 130 Å². The van der Waals surface area contributed by atoms with Crippen molar-refractivity contribution < 1.29 is 43.7 Å². The van der Waals surface area contributed by atoms with E-state index in [2.05, 4.69) is 41.5 Å². The van der Waals surface area contributed by atoms with Gasteiger partial charge < -0.3 is 41.5 Å². The van der Waals surface area contributed by atoms with Crippen LogP contribution in [-0.2, 0) is 25.7 Å². The Morgan fingerprint density at radius 2 is 1.59 bits per heavy atom. The van der Waals surface area contributed by atoms with Gasteiger partial charge in [-0.3, -0.25) is 33.5 Å². The van der Waals surface area contributed by atoms with E-state index in [1.165, 1.54) is 95.4 Å². The van der Waals surface area contributed by atoms with Crippen LogP contribution >= 0.6 is 68.4 Å². The molecule has 8 heterocycles. The summed E-state index contributed by atoms with van der Waals surface area (Å²) in [5, 5.41) is 43.9. The molecule has 8 bridgehead atoms. The molecule has 0 fully saturated rings. The molecule has 1 aliphatic heterocycles. The zero-order valence-corrected chi connectivity index (χ0v) is 44.9. The number of fused-ring (bicyclic) bond motifs is 12. The van der Waals surface area contributed by atoms with Crippen molar-refractivity contribution in [2.24, 2.45) is 4.99 Å². The normalized spacial score (nSPS) is 16.8. The number of aromatic nitrogens is 8. The van der Waals surface area contributed by atoms with Crippen molar-refractivity contribution in [1.82, 2.24) is 60.7 Å². The predicted octanol–water partition coefficient (Wildman–Crippen LogP) is 5.72. The van der Waals surface area contributed by atoms with Crippen LogP contribution < -0.4 is 26.6 Å². The van der Waals surface area contributed by atoms with Crippen LogP contribution in [0.4, 0.5) is 5.13 Å². The number of benzene rings is 1. The standard InChI is InChI=1S/C47H42N14O9S6/c1-48-33(63)13-25-42(49-2)71-12-11-32(62)59-47-60-36(30(76-47)16-70-3)40(67)50-14-34(64)58-37(38(65)22-7-5-4-6-8-22)45-56-29(19-74-45)44-54-27(17-73-44)35-23(41-55-28(18-72-41)39(66)53-25)9-10-24(52-35)43-57-31(20-75-43)61-15-26(46(68)69)51-21-61/h4-10,15,17-21,25,37-38,65H,11-14,16H2,1-3H3,(H,48,63)(H,50,67)(H,53,66)(H,58,64)(H,68,69)(H,59,60,62)/t25-,37-,38-/m0/s1. The minimum Gasteiger partial charge on any atom is -0.476 e. The third kappa shape index (κ3) is 12.3. The zero-order chi connectivity index (χ0) is 53.5. The summed E-state index contributed by atoms with van der Waals surface area (Å²) < 4.78 is 6.80. The van der Waals surface area contributed by atoms with E-state index in [4.69, 9.17) is 29.7 Å². The van der Waals surface area contributed by atoms with Crippen LogP contribution in [0.15, 0.2) is 81.5 Å². The first kappa shape index (κ1) is 53.3. The average Bonchev–Trinajstić information content (AvgIpc) is 4.31. The average molecular weight is 1140 g/mol. The number of imidazole rings is 1. The molecule has 1 aromatic carbocycles. The number of aliphatic hydroxyl groups excluding tert-OH is 1. The summed E-state index contributed by atoms with van der Waals surface area (Å²) in [6, 6.07) is 10.3. The Bertz CT molecular complexity index is 3490. The number of carboxylic acid groups (broad SMARTS) is 1. The third-order valence-corrected chi connectivity index (χ3v) is 16.7. The van der Waals surface area contributed by atoms with Crippen LogP contribution in [0.2, 0.25) is 0 Å². The number of nitrogens with one attached hydrogen (secondary N) is 5. The Hall–Kier alpha value is -7.51. The Morgan fingerprint density at radius 1 is 0.842 bits per heavy atom. The number of aromatic carboxylic acids is 1. The smallest absolute Gasteiger partial charge is 0.356 e. The molecule has 7 aromatic heterocycles. The first-order valence-electron chi connectivity index (χ1n) is 22.6. The van der Waals surface area contributed by atoms with E-state index in [9.17, 15) is 39.0 Å². The highest BCUT2D eigenvalue weighted by Gasteiger charge is 2.30. The highest BCUT2D eigenvalue weighted by molar-refractivity contribution is 8.14. The second-order valence-electron chi connectivity index (χ2n) is 16.1. The Morgan fingerprint density at radius 3 is 2.36 bits per heavy atom. The molecule has 1 aliphatic rings. The van der Waals surface area contributed by atoms with Gasteiger partial charge in [-0.2, -0.15) is 0 Å². The molecule has 0 spiro atoms. The molecule has 29 heteroatoms. The number of thioether (sulfide) groups is 1. The summed E-state index contributed by atoms with van der Waals surface area (Å²) >= 11 is 7.10. The molecule has 0 aliphatic carbocycles. The van der Waals surface area contributed by atoms with Crippen molar-refractivity contribution in [2.45, 2.75) is 37.6 Å². The Labute approximate surface area is 455 Å². The van der Waals surface area contributed by atoms with Gasteiger partial charge in [-0.05, 0) is 17.7 Å². The molecule has 7 N–H and O–H groups in total. The number of ether oxygens (including phenoxy) is 1. The molecular weight excluding hydrogens is 1100 g/mol. The fourth-order valence-corrected chi connectivity index (χ4v) is 12.6. The van der Waals surface area contributed by atoms with Gasteiger partial charge in [-0.15, -0.1) is 57.1 Å². The van der Waals surface area contributed by atoms with E-state index in [0.29, 0.717) is 69.7 Å². The lowest BCUT2D eigenvalue weighted by molar-refractivity contribution is -0.122. The van der Waals surface area contributed by atoms with Gasteiger partial charge in [0.05, 0.1) is 41.2 Å². The zero-order valence-electron chi connectivity index (χ0n) is 40.0. The minimum atomic E-state index is -1.27. The molecule has 8 aromatic rings. The molecule has 0 saturated heterocycles. The van der Waals surface area contributed by atoms with Gasteiger partial charge in [0.25, 0.3) is 11.8 Å². The lowest BCUT2D eigenvalue weighted by atomic mass is 10.0. The van der Waals surface area contributed by atoms with Gasteiger partial charge in [-0.1, -0.05) is 41.7 Å². The van der Waals surface area contributed by atoms with Crippen LogP contribution in [0.25, 0.3) is 49.2 Å².